The van der Waals surface area contributed by atoms with Crippen LogP contribution in [0.3, 0.4) is 0 Å². The number of hydrogen-bond acceptors (Lipinski definition) is 3. The molecule has 0 bridgehead atoms. The molecule has 0 aromatic rings. The molecule has 76 valence electrons. The molecule has 1 aliphatic rings. The van der Waals surface area contributed by atoms with Crippen LogP contribution in [0.4, 0.5) is 13.2 Å². The third kappa shape index (κ3) is 2.86. The van der Waals surface area contributed by atoms with Crippen LogP contribution in [0.25, 0.3) is 0 Å². The van der Waals surface area contributed by atoms with Crippen molar-refractivity contribution in [2.45, 2.75) is 30.9 Å². The monoisotopic (exact) mass is 197 g/mol. The van der Waals surface area contributed by atoms with Gasteiger partial charge in [0.2, 0.25) is 0 Å². The maximum absolute atomic E-state index is 12.2. The molecule has 0 unspecified atom stereocenters. The molecule has 7 heteroatoms. The highest BCUT2D eigenvalue weighted by Gasteiger charge is 2.44. The van der Waals surface area contributed by atoms with Crippen molar-refractivity contribution in [3.8, 4) is 0 Å². The van der Waals surface area contributed by atoms with Gasteiger partial charge in [0.05, 0.1) is 0 Å². The summed E-state index contributed by atoms with van der Waals surface area (Å²) < 4.78 is 36.5. The van der Waals surface area contributed by atoms with Crippen LogP contribution >= 0.6 is 0 Å². The molecule has 0 aromatic heterocycles. The van der Waals surface area contributed by atoms with E-state index < -0.39 is 25.2 Å². The molecule has 1 heterocycles. The number of rotatable bonds is 1. The average molecular weight is 197 g/mol. The predicted molar refractivity (Wildman–Crippen MR) is 41.0 cm³/mol. The molecule has 13 heavy (non-hydrogen) atoms. The third-order valence-electron chi connectivity index (χ3n) is 2.26. The molecule has 1 saturated heterocycles. The van der Waals surface area contributed by atoms with E-state index in [-0.39, 0.29) is 13.0 Å². The summed E-state index contributed by atoms with van der Waals surface area (Å²) in [5, 5.41) is 19.7. The number of hydrogen-bond donors (Lipinski definition) is 3. The second kappa shape index (κ2) is 3.85. The number of halogens is 3. The van der Waals surface area contributed by atoms with E-state index in [9.17, 15) is 13.2 Å². The Labute approximate surface area is 74.1 Å². The van der Waals surface area contributed by atoms with Gasteiger partial charge in [-0.05, 0) is 25.2 Å². The van der Waals surface area contributed by atoms with Crippen molar-refractivity contribution in [3.05, 3.63) is 0 Å². The maximum Gasteiger partial charge on any atom is 0.454 e. The first-order valence-corrected chi connectivity index (χ1v) is 4.07. The molecule has 0 spiro atoms. The molecule has 1 aliphatic heterocycles. The fraction of sp³-hybridized carbons (Fsp3) is 1.00. The number of alkyl halides is 3. The first-order chi connectivity index (χ1) is 5.91. The molecule has 1 fully saturated rings. The van der Waals surface area contributed by atoms with Gasteiger partial charge in [0, 0.05) is 0 Å². The van der Waals surface area contributed by atoms with E-state index >= 15 is 0 Å². The minimum absolute atomic E-state index is 0.173. The fourth-order valence-electron chi connectivity index (χ4n) is 1.47. The second-order valence-corrected chi connectivity index (χ2v) is 3.25. The van der Waals surface area contributed by atoms with Crippen LogP contribution in [0.1, 0.15) is 12.8 Å². The van der Waals surface area contributed by atoms with Crippen molar-refractivity contribution in [3.63, 3.8) is 0 Å². The van der Waals surface area contributed by atoms with Crippen molar-refractivity contribution in [1.29, 1.82) is 0 Å². The molecule has 2 atom stereocenters. The molecule has 0 radical (unpaired) electrons. The number of piperidine rings is 1. The Morgan fingerprint density at radius 3 is 2.38 bits per heavy atom. The van der Waals surface area contributed by atoms with Crippen molar-refractivity contribution >= 4 is 7.12 Å². The lowest BCUT2D eigenvalue weighted by atomic mass is 9.66. The van der Waals surface area contributed by atoms with E-state index in [0.29, 0.717) is 6.42 Å². The predicted octanol–water partition coefficient (Wildman–Crippen LogP) is 0.144. The maximum atomic E-state index is 12.2. The first-order valence-electron chi connectivity index (χ1n) is 4.07. The van der Waals surface area contributed by atoms with Crippen LogP contribution in [-0.2, 0) is 0 Å². The van der Waals surface area contributed by atoms with Crippen LogP contribution in [0.5, 0.6) is 0 Å². The molecule has 3 N–H and O–H groups in total. The zero-order valence-electron chi connectivity index (χ0n) is 6.88. The summed E-state index contributed by atoms with van der Waals surface area (Å²) in [6.45, 7) is 0.173. The highest BCUT2D eigenvalue weighted by Crippen LogP contribution is 2.32. The van der Waals surface area contributed by atoms with Crippen molar-refractivity contribution in [1.82, 2.24) is 5.32 Å². The number of nitrogens with one attached hydrogen (secondary N) is 1. The Bertz CT molecular complexity index is 176. The highest BCUT2D eigenvalue weighted by atomic mass is 19.4. The van der Waals surface area contributed by atoms with Crippen LogP contribution in [-0.4, -0.2) is 35.9 Å². The molecule has 0 amide bonds. The average Bonchev–Trinajstić information content (AvgIpc) is 2.03. The van der Waals surface area contributed by atoms with Gasteiger partial charge in [-0.3, -0.25) is 0 Å². The van der Waals surface area contributed by atoms with E-state index in [2.05, 4.69) is 5.32 Å². The van der Waals surface area contributed by atoms with Gasteiger partial charge in [-0.1, -0.05) is 0 Å². The molecule has 3 nitrogen and oxygen atoms in total. The lowest BCUT2D eigenvalue weighted by molar-refractivity contribution is -0.160. The summed E-state index contributed by atoms with van der Waals surface area (Å²) in [6, 6.07) is -1.60. The van der Waals surface area contributed by atoms with E-state index in [1.165, 1.54) is 0 Å². The van der Waals surface area contributed by atoms with Crippen molar-refractivity contribution in [2.75, 3.05) is 6.54 Å². The summed E-state index contributed by atoms with van der Waals surface area (Å²) in [6.07, 6.45) is -4.20. The zero-order valence-corrected chi connectivity index (χ0v) is 6.88. The Morgan fingerprint density at radius 1 is 1.31 bits per heavy atom. The van der Waals surface area contributed by atoms with Crippen molar-refractivity contribution < 1.29 is 23.2 Å². The minimum Gasteiger partial charge on any atom is -0.427 e. The lowest BCUT2D eigenvalue weighted by Crippen LogP contribution is -2.48. The quantitative estimate of drug-likeness (QED) is 0.524. The van der Waals surface area contributed by atoms with Gasteiger partial charge in [0.1, 0.15) is 6.04 Å². The normalized spacial score (nSPS) is 30.2. The van der Waals surface area contributed by atoms with E-state index in [1.807, 2.05) is 0 Å². The highest BCUT2D eigenvalue weighted by molar-refractivity contribution is 6.43. The fourth-order valence-corrected chi connectivity index (χ4v) is 1.47. The Kier molecular flexibility index (Phi) is 3.20. The van der Waals surface area contributed by atoms with Crippen LogP contribution in [0.2, 0.25) is 5.82 Å². The molecule has 0 saturated carbocycles. The summed E-state index contributed by atoms with van der Waals surface area (Å²) in [5.41, 5.74) is 0. The first kappa shape index (κ1) is 10.8. The topological polar surface area (TPSA) is 52.5 Å². The molecule has 1 rings (SSSR count). The third-order valence-corrected chi connectivity index (χ3v) is 2.26. The van der Waals surface area contributed by atoms with Crippen molar-refractivity contribution in [2.24, 2.45) is 0 Å². The lowest BCUT2D eigenvalue weighted by Gasteiger charge is -2.31. The SMILES string of the molecule is OB(O)[C@@H]1CCN[C@@H](C(F)(F)F)C1. The van der Waals surface area contributed by atoms with Gasteiger partial charge in [-0.15, -0.1) is 0 Å². The summed E-state index contributed by atoms with van der Waals surface area (Å²) in [4.78, 5) is 0. The zero-order chi connectivity index (χ0) is 10.1. The van der Waals surface area contributed by atoms with Crippen LogP contribution < -0.4 is 5.32 Å². The van der Waals surface area contributed by atoms with E-state index in [1.54, 1.807) is 0 Å². The van der Waals surface area contributed by atoms with Crippen LogP contribution in [0.15, 0.2) is 0 Å². The summed E-state index contributed by atoms with van der Waals surface area (Å²) in [7, 11) is -1.65. The summed E-state index contributed by atoms with van der Waals surface area (Å²) in [5.74, 6) is -0.673. The van der Waals surface area contributed by atoms with E-state index in [0.717, 1.165) is 0 Å². The Hall–Kier alpha value is -0.265. The van der Waals surface area contributed by atoms with Gasteiger partial charge in [0.25, 0.3) is 0 Å². The smallest absolute Gasteiger partial charge is 0.427 e. The molecular formula is C6H11BF3NO2. The van der Waals surface area contributed by atoms with Gasteiger partial charge in [-0.25, -0.2) is 0 Å². The van der Waals surface area contributed by atoms with Gasteiger partial charge in [-0.2, -0.15) is 13.2 Å². The largest absolute Gasteiger partial charge is 0.454 e. The summed E-state index contributed by atoms with van der Waals surface area (Å²) >= 11 is 0. The standard InChI is InChI=1S/C6H11BF3NO2/c8-6(9,10)5-3-4(7(12)13)1-2-11-5/h4-5,11-13H,1-3H2/t4-,5-/m1/s1. The Balaban J connectivity index is 2.52. The molecule has 0 aliphatic carbocycles. The van der Waals surface area contributed by atoms with Gasteiger partial charge < -0.3 is 15.4 Å². The van der Waals surface area contributed by atoms with Gasteiger partial charge in [0.15, 0.2) is 0 Å². The molecular weight excluding hydrogens is 186 g/mol. The van der Waals surface area contributed by atoms with E-state index in [4.69, 9.17) is 10.0 Å². The second-order valence-electron chi connectivity index (χ2n) is 3.25. The van der Waals surface area contributed by atoms with Gasteiger partial charge >= 0.3 is 13.3 Å². The van der Waals surface area contributed by atoms with Crippen LogP contribution in [0, 0.1) is 0 Å². The molecule has 0 aromatic carbocycles. The Morgan fingerprint density at radius 2 is 1.92 bits per heavy atom. The minimum atomic E-state index is -4.30.